The Morgan fingerprint density at radius 3 is 2.43 bits per heavy atom. The molecule has 6 nitrogen and oxygen atoms in total. The Morgan fingerprint density at radius 2 is 1.80 bits per heavy atom. The second kappa shape index (κ2) is 9.34. The summed E-state index contributed by atoms with van der Waals surface area (Å²) >= 11 is 5.88. The van der Waals surface area contributed by atoms with Crippen molar-refractivity contribution in [2.75, 3.05) is 13.2 Å². The molecule has 1 atom stereocenters. The summed E-state index contributed by atoms with van der Waals surface area (Å²) in [6.07, 6.45) is 1.66. The van der Waals surface area contributed by atoms with Gasteiger partial charge < -0.3 is 19.7 Å². The molecule has 1 unspecified atom stereocenters. The molecule has 0 bridgehead atoms. The van der Waals surface area contributed by atoms with Gasteiger partial charge in [-0.3, -0.25) is 9.36 Å². The summed E-state index contributed by atoms with van der Waals surface area (Å²) in [5.41, 5.74) is 0.901. The normalized spacial score (nSPS) is 13.0. The molecule has 0 aliphatic carbocycles. The maximum atomic E-state index is 12.6. The molecule has 0 saturated heterocycles. The molecule has 0 aliphatic heterocycles. The zero-order valence-electron chi connectivity index (χ0n) is 16.8. The summed E-state index contributed by atoms with van der Waals surface area (Å²) in [5, 5.41) is 19.6. The minimum absolute atomic E-state index is 0.0384. The average Bonchev–Trinajstić information content (AvgIpc) is 2.72. The van der Waals surface area contributed by atoms with Gasteiger partial charge in [-0.05, 0) is 61.4 Å². The lowest BCUT2D eigenvalue weighted by molar-refractivity contribution is -0.0326. The Labute approximate surface area is 179 Å². The van der Waals surface area contributed by atoms with Crippen molar-refractivity contribution < 1.29 is 19.7 Å². The SMILES string of the molecule is Cc1cc(-n2ccc(OCc3ccc(Cl)cc3)cc2=O)ccc1OCC(C)(O)CO. The molecule has 0 radical (unpaired) electrons. The van der Waals surface area contributed by atoms with Crippen LogP contribution < -0.4 is 15.0 Å². The lowest BCUT2D eigenvalue weighted by Crippen LogP contribution is -2.36. The lowest BCUT2D eigenvalue weighted by Gasteiger charge is -2.21. The number of aliphatic hydroxyl groups excluding tert-OH is 1. The van der Waals surface area contributed by atoms with Gasteiger partial charge in [-0.2, -0.15) is 0 Å². The number of pyridine rings is 1. The van der Waals surface area contributed by atoms with E-state index in [0.717, 1.165) is 11.1 Å². The van der Waals surface area contributed by atoms with Crippen LogP contribution in [0.25, 0.3) is 5.69 Å². The van der Waals surface area contributed by atoms with Gasteiger partial charge in [0.15, 0.2) is 0 Å². The summed E-state index contributed by atoms with van der Waals surface area (Å²) < 4.78 is 12.8. The van der Waals surface area contributed by atoms with Crippen molar-refractivity contribution in [2.24, 2.45) is 0 Å². The van der Waals surface area contributed by atoms with Crippen LogP contribution in [-0.4, -0.2) is 33.6 Å². The minimum atomic E-state index is -1.32. The Morgan fingerprint density at radius 1 is 1.07 bits per heavy atom. The first-order valence-electron chi connectivity index (χ1n) is 9.44. The Balaban J connectivity index is 1.70. The van der Waals surface area contributed by atoms with Crippen molar-refractivity contribution in [3.05, 3.63) is 87.3 Å². The average molecular weight is 430 g/mol. The fourth-order valence-corrected chi connectivity index (χ4v) is 2.86. The van der Waals surface area contributed by atoms with Crippen molar-refractivity contribution in [1.82, 2.24) is 4.57 Å². The van der Waals surface area contributed by atoms with Crippen molar-refractivity contribution in [1.29, 1.82) is 0 Å². The summed E-state index contributed by atoms with van der Waals surface area (Å²) in [6.45, 7) is 3.24. The molecular weight excluding hydrogens is 406 g/mol. The van der Waals surface area contributed by atoms with Gasteiger partial charge in [-0.25, -0.2) is 0 Å². The van der Waals surface area contributed by atoms with Crippen LogP contribution in [-0.2, 0) is 6.61 Å². The largest absolute Gasteiger partial charge is 0.490 e. The van der Waals surface area contributed by atoms with E-state index in [2.05, 4.69) is 0 Å². The molecule has 2 N–H and O–H groups in total. The fraction of sp³-hybridized carbons (Fsp3) is 0.261. The quantitative estimate of drug-likeness (QED) is 0.572. The summed E-state index contributed by atoms with van der Waals surface area (Å²) in [6, 6.07) is 15.8. The Kier molecular flexibility index (Phi) is 6.82. The number of nitrogens with zero attached hydrogens (tertiary/aromatic N) is 1. The Hall–Kier alpha value is -2.80. The van der Waals surface area contributed by atoms with Crippen LogP contribution in [0.15, 0.2) is 65.6 Å². The molecule has 1 aromatic heterocycles. The summed E-state index contributed by atoms with van der Waals surface area (Å²) in [4.78, 5) is 12.6. The Bertz CT molecular complexity index is 1060. The van der Waals surface area contributed by atoms with E-state index in [1.165, 1.54) is 17.6 Å². The number of hydrogen-bond donors (Lipinski definition) is 2. The third kappa shape index (κ3) is 5.63. The van der Waals surface area contributed by atoms with Crippen molar-refractivity contribution in [2.45, 2.75) is 26.1 Å². The fourth-order valence-electron chi connectivity index (χ4n) is 2.74. The molecule has 3 aromatic rings. The van der Waals surface area contributed by atoms with Crippen molar-refractivity contribution in [3.63, 3.8) is 0 Å². The van der Waals surface area contributed by atoms with Crippen molar-refractivity contribution in [3.8, 4) is 17.2 Å². The predicted octanol–water partition coefficient (Wildman–Crippen LogP) is 3.50. The van der Waals surface area contributed by atoms with Crippen LogP contribution >= 0.6 is 11.6 Å². The van der Waals surface area contributed by atoms with Gasteiger partial charge in [0.1, 0.15) is 30.3 Å². The van der Waals surface area contributed by atoms with Crippen LogP contribution in [0.5, 0.6) is 11.5 Å². The van der Waals surface area contributed by atoms with E-state index in [1.807, 2.05) is 25.1 Å². The number of aromatic nitrogens is 1. The van der Waals surface area contributed by atoms with E-state index < -0.39 is 12.2 Å². The number of benzene rings is 2. The van der Waals surface area contributed by atoms with E-state index in [9.17, 15) is 9.90 Å². The second-order valence-electron chi connectivity index (χ2n) is 7.38. The third-order valence-corrected chi connectivity index (χ3v) is 4.78. The van der Waals surface area contributed by atoms with Gasteiger partial charge in [-0.1, -0.05) is 23.7 Å². The highest BCUT2D eigenvalue weighted by Crippen LogP contribution is 2.22. The molecule has 7 heteroatoms. The maximum absolute atomic E-state index is 12.6. The van der Waals surface area contributed by atoms with Crippen LogP contribution in [0.2, 0.25) is 5.02 Å². The van der Waals surface area contributed by atoms with E-state index in [0.29, 0.717) is 28.8 Å². The second-order valence-corrected chi connectivity index (χ2v) is 7.82. The molecule has 0 spiro atoms. The first-order chi connectivity index (χ1) is 14.3. The number of hydrogen-bond acceptors (Lipinski definition) is 5. The molecule has 0 amide bonds. The minimum Gasteiger partial charge on any atom is -0.490 e. The molecule has 158 valence electrons. The van der Waals surface area contributed by atoms with E-state index in [1.54, 1.807) is 36.5 Å². The molecule has 0 fully saturated rings. The van der Waals surface area contributed by atoms with Crippen LogP contribution in [0.1, 0.15) is 18.1 Å². The summed E-state index contributed by atoms with van der Waals surface area (Å²) in [7, 11) is 0. The standard InChI is InChI=1S/C23H24ClNO5/c1-16-11-19(7-8-21(16)30-15-23(2,28)14-26)25-10-9-20(12-22(25)27)29-13-17-3-5-18(24)6-4-17/h3-12,26,28H,13-15H2,1-2H3. The molecule has 30 heavy (non-hydrogen) atoms. The molecule has 3 rings (SSSR count). The van der Waals surface area contributed by atoms with Gasteiger partial charge in [0.2, 0.25) is 0 Å². The topological polar surface area (TPSA) is 80.9 Å². The highest BCUT2D eigenvalue weighted by molar-refractivity contribution is 6.30. The smallest absolute Gasteiger partial charge is 0.258 e. The summed E-state index contributed by atoms with van der Waals surface area (Å²) in [5.74, 6) is 1.05. The van der Waals surface area contributed by atoms with E-state index in [4.69, 9.17) is 26.2 Å². The van der Waals surface area contributed by atoms with Gasteiger partial charge in [0.05, 0.1) is 6.61 Å². The van der Waals surface area contributed by atoms with Crippen LogP contribution in [0.4, 0.5) is 0 Å². The third-order valence-electron chi connectivity index (χ3n) is 4.53. The molecule has 2 aromatic carbocycles. The van der Waals surface area contributed by atoms with Gasteiger partial charge in [0, 0.05) is 23.0 Å². The van der Waals surface area contributed by atoms with E-state index >= 15 is 0 Å². The molecular formula is C23H24ClNO5. The monoisotopic (exact) mass is 429 g/mol. The number of aliphatic hydroxyl groups is 2. The van der Waals surface area contributed by atoms with Crippen LogP contribution in [0, 0.1) is 6.92 Å². The lowest BCUT2D eigenvalue weighted by atomic mass is 10.1. The number of rotatable bonds is 8. The number of halogens is 1. The molecule has 1 heterocycles. The van der Waals surface area contributed by atoms with Gasteiger partial charge in [0.25, 0.3) is 5.56 Å². The first-order valence-corrected chi connectivity index (χ1v) is 9.82. The maximum Gasteiger partial charge on any atom is 0.258 e. The molecule has 0 saturated carbocycles. The number of ether oxygens (including phenoxy) is 2. The predicted molar refractivity (Wildman–Crippen MR) is 116 cm³/mol. The highest BCUT2D eigenvalue weighted by atomic mass is 35.5. The number of aryl methyl sites for hydroxylation is 1. The van der Waals surface area contributed by atoms with Gasteiger partial charge >= 0.3 is 0 Å². The zero-order chi connectivity index (χ0) is 21.7. The zero-order valence-corrected chi connectivity index (χ0v) is 17.6. The van der Waals surface area contributed by atoms with Crippen LogP contribution in [0.3, 0.4) is 0 Å². The van der Waals surface area contributed by atoms with E-state index in [-0.39, 0.29) is 12.2 Å². The van der Waals surface area contributed by atoms with Gasteiger partial charge in [-0.15, -0.1) is 0 Å². The molecule has 0 aliphatic rings. The first kappa shape index (κ1) is 21.9. The van der Waals surface area contributed by atoms with Crippen molar-refractivity contribution >= 4 is 11.6 Å². The highest BCUT2D eigenvalue weighted by Gasteiger charge is 2.20.